The summed E-state index contributed by atoms with van der Waals surface area (Å²) in [6.07, 6.45) is 1.57. The SMILES string of the molecule is COCC(C)CC(Cc1cc(F)ccc1Br)NN. The topological polar surface area (TPSA) is 47.3 Å². The summed E-state index contributed by atoms with van der Waals surface area (Å²) in [7, 11) is 1.69. The van der Waals surface area contributed by atoms with Crippen LogP contribution in [0.1, 0.15) is 18.9 Å². The van der Waals surface area contributed by atoms with Crippen molar-refractivity contribution in [2.45, 2.75) is 25.8 Å². The summed E-state index contributed by atoms with van der Waals surface area (Å²) in [4.78, 5) is 0. The molecule has 0 amide bonds. The molecular formula is C13H20BrFN2O. The fourth-order valence-electron chi connectivity index (χ4n) is 2.01. The average molecular weight is 319 g/mol. The van der Waals surface area contributed by atoms with Crippen LogP contribution in [0.5, 0.6) is 0 Å². The number of hydrogen-bond acceptors (Lipinski definition) is 3. The molecule has 0 spiro atoms. The lowest BCUT2D eigenvalue weighted by molar-refractivity contribution is 0.149. The molecule has 0 heterocycles. The molecule has 2 atom stereocenters. The molecule has 0 radical (unpaired) electrons. The van der Waals surface area contributed by atoms with E-state index in [-0.39, 0.29) is 11.9 Å². The lowest BCUT2D eigenvalue weighted by Gasteiger charge is -2.20. The van der Waals surface area contributed by atoms with Crippen molar-refractivity contribution in [3.63, 3.8) is 0 Å². The lowest BCUT2D eigenvalue weighted by Crippen LogP contribution is -2.38. The van der Waals surface area contributed by atoms with Crippen LogP contribution >= 0.6 is 15.9 Å². The molecule has 1 rings (SSSR count). The number of nitrogens with one attached hydrogen (secondary N) is 1. The molecule has 1 aromatic rings. The average Bonchev–Trinajstić information content (AvgIpc) is 2.33. The molecule has 5 heteroatoms. The second-order valence-corrected chi connectivity index (χ2v) is 5.45. The predicted molar refractivity (Wildman–Crippen MR) is 74.6 cm³/mol. The van der Waals surface area contributed by atoms with Crippen LogP contribution in [-0.2, 0) is 11.2 Å². The first-order chi connectivity index (χ1) is 8.56. The normalized spacial score (nSPS) is 14.5. The van der Waals surface area contributed by atoms with Gasteiger partial charge in [-0.1, -0.05) is 22.9 Å². The third kappa shape index (κ3) is 5.02. The van der Waals surface area contributed by atoms with E-state index in [9.17, 15) is 4.39 Å². The Balaban J connectivity index is 2.64. The van der Waals surface area contributed by atoms with E-state index in [0.29, 0.717) is 18.9 Å². The number of hydrazine groups is 1. The van der Waals surface area contributed by atoms with Gasteiger partial charge in [-0.25, -0.2) is 4.39 Å². The van der Waals surface area contributed by atoms with Gasteiger partial charge in [0.1, 0.15) is 5.82 Å². The zero-order valence-corrected chi connectivity index (χ0v) is 12.3. The lowest BCUT2D eigenvalue weighted by atomic mass is 9.97. The van der Waals surface area contributed by atoms with Crippen LogP contribution in [-0.4, -0.2) is 19.8 Å². The molecular weight excluding hydrogens is 299 g/mol. The molecule has 18 heavy (non-hydrogen) atoms. The van der Waals surface area contributed by atoms with Gasteiger partial charge in [0.05, 0.1) is 0 Å². The molecule has 0 fully saturated rings. The molecule has 0 saturated carbocycles. The quantitative estimate of drug-likeness (QED) is 0.600. The van der Waals surface area contributed by atoms with Crippen molar-refractivity contribution in [1.29, 1.82) is 0 Å². The van der Waals surface area contributed by atoms with Gasteiger partial charge in [-0.15, -0.1) is 0 Å². The number of rotatable bonds is 7. The molecule has 0 aliphatic rings. The second-order valence-electron chi connectivity index (χ2n) is 4.60. The Morgan fingerprint density at radius 2 is 2.22 bits per heavy atom. The van der Waals surface area contributed by atoms with Crippen LogP contribution < -0.4 is 11.3 Å². The van der Waals surface area contributed by atoms with E-state index in [2.05, 4.69) is 28.3 Å². The Hall–Kier alpha value is -0.490. The minimum absolute atomic E-state index is 0.105. The van der Waals surface area contributed by atoms with E-state index in [4.69, 9.17) is 10.6 Å². The summed E-state index contributed by atoms with van der Waals surface area (Å²) in [5.74, 6) is 5.73. The molecule has 0 bridgehead atoms. The van der Waals surface area contributed by atoms with Gasteiger partial charge >= 0.3 is 0 Å². The van der Waals surface area contributed by atoms with Crippen LogP contribution in [0.3, 0.4) is 0 Å². The zero-order chi connectivity index (χ0) is 13.5. The summed E-state index contributed by atoms with van der Waals surface area (Å²) in [5, 5.41) is 0. The van der Waals surface area contributed by atoms with Gasteiger partial charge in [0.2, 0.25) is 0 Å². The van der Waals surface area contributed by atoms with Crippen LogP contribution in [0, 0.1) is 11.7 Å². The van der Waals surface area contributed by atoms with Gasteiger partial charge in [-0.3, -0.25) is 11.3 Å². The second kappa shape index (κ2) is 7.84. The van der Waals surface area contributed by atoms with Crippen molar-refractivity contribution in [2.75, 3.05) is 13.7 Å². The first-order valence-electron chi connectivity index (χ1n) is 5.95. The number of hydrogen-bond donors (Lipinski definition) is 2. The van der Waals surface area contributed by atoms with Crippen LogP contribution in [0.25, 0.3) is 0 Å². The highest BCUT2D eigenvalue weighted by Crippen LogP contribution is 2.21. The fourth-order valence-corrected chi connectivity index (χ4v) is 2.42. The van der Waals surface area contributed by atoms with E-state index in [1.165, 1.54) is 12.1 Å². The van der Waals surface area contributed by atoms with Gasteiger partial charge < -0.3 is 4.74 Å². The van der Waals surface area contributed by atoms with E-state index in [1.807, 2.05) is 0 Å². The zero-order valence-electron chi connectivity index (χ0n) is 10.7. The number of benzene rings is 1. The van der Waals surface area contributed by atoms with E-state index in [0.717, 1.165) is 16.5 Å². The van der Waals surface area contributed by atoms with E-state index < -0.39 is 0 Å². The highest BCUT2D eigenvalue weighted by Gasteiger charge is 2.14. The maximum Gasteiger partial charge on any atom is 0.123 e. The van der Waals surface area contributed by atoms with Crippen molar-refractivity contribution in [2.24, 2.45) is 11.8 Å². The van der Waals surface area contributed by atoms with Gasteiger partial charge in [-0.2, -0.15) is 0 Å². The van der Waals surface area contributed by atoms with Crippen LogP contribution in [0.2, 0.25) is 0 Å². The third-order valence-electron chi connectivity index (χ3n) is 2.85. The standard InChI is InChI=1S/C13H20BrFN2O/c1-9(8-18-2)5-12(17-16)7-10-6-11(15)3-4-13(10)14/h3-4,6,9,12,17H,5,7-8,16H2,1-2H3. The van der Waals surface area contributed by atoms with Crippen molar-refractivity contribution >= 4 is 15.9 Å². The molecule has 1 aromatic carbocycles. The Morgan fingerprint density at radius 1 is 1.50 bits per heavy atom. The van der Waals surface area contributed by atoms with Gasteiger partial charge in [0.15, 0.2) is 0 Å². The molecule has 2 unspecified atom stereocenters. The molecule has 3 nitrogen and oxygen atoms in total. The maximum atomic E-state index is 13.2. The monoisotopic (exact) mass is 318 g/mol. The first-order valence-corrected chi connectivity index (χ1v) is 6.75. The number of methoxy groups -OCH3 is 1. The first kappa shape index (κ1) is 15.6. The van der Waals surface area contributed by atoms with Crippen LogP contribution in [0.15, 0.2) is 22.7 Å². The Bertz CT molecular complexity index is 376. The highest BCUT2D eigenvalue weighted by atomic mass is 79.9. The largest absolute Gasteiger partial charge is 0.384 e. The summed E-state index contributed by atoms with van der Waals surface area (Å²) >= 11 is 3.43. The van der Waals surface area contributed by atoms with Crippen molar-refractivity contribution < 1.29 is 9.13 Å². The molecule has 102 valence electrons. The summed E-state index contributed by atoms with van der Waals surface area (Å²) in [6.45, 7) is 2.80. The minimum atomic E-state index is -0.228. The predicted octanol–water partition coefficient (Wildman–Crippen LogP) is 2.64. The van der Waals surface area contributed by atoms with Crippen molar-refractivity contribution in [3.8, 4) is 0 Å². The highest BCUT2D eigenvalue weighted by molar-refractivity contribution is 9.10. The number of ether oxygens (including phenoxy) is 1. The van der Waals surface area contributed by atoms with Gasteiger partial charge in [0, 0.05) is 24.2 Å². The Labute approximate surface area is 116 Å². The van der Waals surface area contributed by atoms with Crippen molar-refractivity contribution in [3.05, 3.63) is 34.1 Å². The number of halogens is 2. The third-order valence-corrected chi connectivity index (χ3v) is 3.62. The number of nitrogens with two attached hydrogens (primary N) is 1. The van der Waals surface area contributed by atoms with Gasteiger partial charge in [-0.05, 0) is 42.5 Å². The van der Waals surface area contributed by atoms with Crippen LogP contribution in [0.4, 0.5) is 4.39 Å². The summed E-state index contributed by atoms with van der Waals surface area (Å²) in [6, 6.07) is 4.80. The molecule has 0 aliphatic carbocycles. The molecule has 0 aromatic heterocycles. The van der Waals surface area contributed by atoms with E-state index >= 15 is 0 Å². The minimum Gasteiger partial charge on any atom is -0.384 e. The maximum absolute atomic E-state index is 13.2. The molecule has 3 N–H and O–H groups in total. The van der Waals surface area contributed by atoms with Crippen molar-refractivity contribution in [1.82, 2.24) is 5.43 Å². The summed E-state index contributed by atoms with van der Waals surface area (Å²) < 4.78 is 19.2. The smallest absolute Gasteiger partial charge is 0.123 e. The summed E-state index contributed by atoms with van der Waals surface area (Å²) in [5.41, 5.74) is 3.71. The fraction of sp³-hybridized carbons (Fsp3) is 0.538. The Morgan fingerprint density at radius 3 is 2.83 bits per heavy atom. The van der Waals surface area contributed by atoms with Gasteiger partial charge in [0.25, 0.3) is 0 Å². The molecule has 0 saturated heterocycles. The van der Waals surface area contributed by atoms with E-state index in [1.54, 1.807) is 13.2 Å². The Kier molecular flexibility index (Phi) is 6.78. The molecule has 0 aliphatic heterocycles.